The van der Waals surface area contributed by atoms with Gasteiger partial charge in [-0.05, 0) is 43.2 Å². The van der Waals surface area contributed by atoms with Gasteiger partial charge >= 0.3 is 0 Å². The summed E-state index contributed by atoms with van der Waals surface area (Å²) in [5.74, 6) is 0.832. The lowest BCUT2D eigenvalue weighted by Crippen LogP contribution is -2.30. The van der Waals surface area contributed by atoms with E-state index in [1.807, 2.05) is 30.3 Å². The highest BCUT2D eigenvalue weighted by molar-refractivity contribution is 6.35. The van der Waals surface area contributed by atoms with Crippen LogP contribution >= 0.6 is 47.2 Å². The molecule has 0 amide bonds. The van der Waals surface area contributed by atoms with E-state index in [9.17, 15) is 0 Å². The van der Waals surface area contributed by atoms with Crippen molar-refractivity contribution < 1.29 is 4.74 Å². The van der Waals surface area contributed by atoms with E-state index in [4.69, 9.17) is 39.5 Å². The van der Waals surface area contributed by atoms with E-state index in [0.717, 1.165) is 28.4 Å². The van der Waals surface area contributed by atoms with Crippen LogP contribution in [0.3, 0.4) is 0 Å². The Balaban J connectivity index is 0.00000243. The van der Waals surface area contributed by atoms with E-state index in [1.165, 1.54) is 32.1 Å². The molecule has 0 aromatic heterocycles. The summed E-state index contributed by atoms with van der Waals surface area (Å²) >= 11 is 18.3. The fraction of sp³-hybridized carbons (Fsp3) is 0.400. The number of ether oxygens (including phenoxy) is 1. The summed E-state index contributed by atoms with van der Waals surface area (Å²) in [5.41, 5.74) is 1.98. The molecule has 1 aliphatic carbocycles. The monoisotopic (exact) mass is 433 g/mol. The van der Waals surface area contributed by atoms with Crippen LogP contribution in [0.15, 0.2) is 36.4 Å². The van der Waals surface area contributed by atoms with Crippen LogP contribution in [-0.2, 0) is 13.2 Å². The molecule has 3 rings (SSSR count). The second kappa shape index (κ2) is 10.6. The first-order chi connectivity index (χ1) is 12.1. The highest BCUT2D eigenvalue weighted by atomic mass is 35.5. The number of nitrogens with one attached hydrogen (secondary N) is 1. The van der Waals surface area contributed by atoms with Crippen LogP contribution in [0.5, 0.6) is 5.75 Å². The zero-order valence-electron chi connectivity index (χ0n) is 14.4. The fourth-order valence-corrected chi connectivity index (χ4v) is 3.84. The normalized spacial score (nSPS) is 14.7. The zero-order chi connectivity index (χ0) is 17.6. The first kappa shape index (κ1) is 21.7. The Morgan fingerprint density at radius 2 is 1.58 bits per heavy atom. The van der Waals surface area contributed by atoms with E-state index >= 15 is 0 Å². The van der Waals surface area contributed by atoms with Crippen LogP contribution in [0.1, 0.15) is 43.2 Å². The standard InChI is InChI=1S/C20H22Cl3NO.ClH/c21-16-8-9-20(25-13-14-6-7-17(22)11-19(14)23)15(10-16)12-24-18-4-2-1-3-5-18;/h6-11,18,24H,1-5,12-13H2;1H. The third-order valence-electron chi connectivity index (χ3n) is 4.61. The van der Waals surface area contributed by atoms with Gasteiger partial charge in [-0.3, -0.25) is 0 Å². The van der Waals surface area contributed by atoms with Crippen LogP contribution < -0.4 is 10.1 Å². The molecule has 0 saturated heterocycles. The zero-order valence-corrected chi connectivity index (χ0v) is 17.5. The predicted octanol–water partition coefficient (Wildman–Crippen LogP) is 7.07. The Bertz CT molecular complexity index is 717. The van der Waals surface area contributed by atoms with Crippen molar-refractivity contribution in [2.24, 2.45) is 0 Å². The van der Waals surface area contributed by atoms with Crippen molar-refractivity contribution in [3.8, 4) is 5.75 Å². The topological polar surface area (TPSA) is 21.3 Å². The van der Waals surface area contributed by atoms with Crippen LogP contribution in [0.2, 0.25) is 15.1 Å². The maximum absolute atomic E-state index is 6.23. The van der Waals surface area contributed by atoms with Gasteiger partial charge in [0.05, 0.1) is 0 Å². The third kappa shape index (κ3) is 6.21. The smallest absolute Gasteiger partial charge is 0.124 e. The lowest BCUT2D eigenvalue weighted by atomic mass is 9.95. The van der Waals surface area contributed by atoms with Crippen molar-refractivity contribution in [2.45, 2.75) is 51.3 Å². The molecule has 0 bridgehead atoms. The van der Waals surface area contributed by atoms with Gasteiger partial charge in [0.15, 0.2) is 0 Å². The van der Waals surface area contributed by atoms with Gasteiger partial charge in [-0.25, -0.2) is 0 Å². The number of hydrogen-bond acceptors (Lipinski definition) is 2. The lowest BCUT2D eigenvalue weighted by molar-refractivity contribution is 0.300. The number of hydrogen-bond donors (Lipinski definition) is 1. The Kier molecular flexibility index (Phi) is 8.86. The van der Waals surface area contributed by atoms with Crippen molar-refractivity contribution in [3.05, 3.63) is 62.6 Å². The summed E-state index contributed by atoms with van der Waals surface area (Å²) in [6.07, 6.45) is 6.47. The van der Waals surface area contributed by atoms with E-state index < -0.39 is 0 Å². The van der Waals surface area contributed by atoms with E-state index in [1.54, 1.807) is 6.07 Å². The van der Waals surface area contributed by atoms with Gasteiger partial charge in [-0.2, -0.15) is 0 Å². The molecule has 0 heterocycles. The van der Waals surface area contributed by atoms with Crippen molar-refractivity contribution in [2.75, 3.05) is 0 Å². The molecule has 0 spiro atoms. The minimum Gasteiger partial charge on any atom is -0.489 e. The first-order valence-corrected chi connectivity index (χ1v) is 9.84. The molecule has 0 radical (unpaired) electrons. The quantitative estimate of drug-likeness (QED) is 0.524. The summed E-state index contributed by atoms with van der Waals surface area (Å²) in [7, 11) is 0. The molecule has 0 atom stereocenters. The van der Waals surface area contributed by atoms with Gasteiger partial charge < -0.3 is 10.1 Å². The molecule has 1 fully saturated rings. The van der Waals surface area contributed by atoms with Crippen LogP contribution in [0.25, 0.3) is 0 Å². The highest BCUT2D eigenvalue weighted by Crippen LogP contribution is 2.27. The average Bonchev–Trinajstić information content (AvgIpc) is 2.61. The molecule has 2 aromatic rings. The molecule has 2 nitrogen and oxygen atoms in total. The number of rotatable bonds is 6. The van der Waals surface area contributed by atoms with Crippen molar-refractivity contribution in [1.29, 1.82) is 0 Å². The number of halogens is 4. The molecule has 0 unspecified atom stereocenters. The van der Waals surface area contributed by atoms with Gasteiger partial charge in [0.2, 0.25) is 0 Å². The van der Waals surface area contributed by atoms with Crippen molar-refractivity contribution in [1.82, 2.24) is 5.32 Å². The molecular weight excluding hydrogens is 412 g/mol. The van der Waals surface area contributed by atoms with Crippen LogP contribution in [0, 0.1) is 0 Å². The molecule has 1 saturated carbocycles. The Morgan fingerprint density at radius 3 is 2.31 bits per heavy atom. The first-order valence-electron chi connectivity index (χ1n) is 8.70. The van der Waals surface area contributed by atoms with Gasteiger partial charge in [0, 0.05) is 38.8 Å². The third-order valence-corrected chi connectivity index (χ3v) is 5.43. The minimum absolute atomic E-state index is 0. The summed E-state index contributed by atoms with van der Waals surface area (Å²) in [6.45, 7) is 1.16. The maximum atomic E-state index is 6.23. The Labute approximate surface area is 176 Å². The molecule has 26 heavy (non-hydrogen) atoms. The second-order valence-electron chi connectivity index (χ2n) is 6.49. The second-order valence-corrected chi connectivity index (χ2v) is 7.77. The largest absolute Gasteiger partial charge is 0.489 e. The minimum atomic E-state index is 0. The Morgan fingerprint density at radius 1 is 0.885 bits per heavy atom. The summed E-state index contributed by atoms with van der Waals surface area (Å²) < 4.78 is 6.01. The summed E-state index contributed by atoms with van der Waals surface area (Å²) in [6, 6.07) is 11.8. The molecule has 1 aliphatic rings. The van der Waals surface area contributed by atoms with Crippen molar-refractivity contribution in [3.63, 3.8) is 0 Å². The summed E-state index contributed by atoms with van der Waals surface area (Å²) in [4.78, 5) is 0. The predicted molar refractivity (Wildman–Crippen MR) is 113 cm³/mol. The Hall–Kier alpha value is -0.640. The van der Waals surface area contributed by atoms with Crippen molar-refractivity contribution >= 4 is 47.2 Å². The molecule has 6 heteroatoms. The fourth-order valence-electron chi connectivity index (χ4n) is 3.18. The van der Waals surface area contributed by atoms with E-state index in [-0.39, 0.29) is 12.4 Å². The highest BCUT2D eigenvalue weighted by Gasteiger charge is 2.14. The lowest BCUT2D eigenvalue weighted by Gasteiger charge is -2.23. The van der Waals surface area contributed by atoms with Gasteiger partial charge in [-0.1, -0.05) is 60.1 Å². The number of benzene rings is 2. The van der Waals surface area contributed by atoms with E-state index in [2.05, 4.69) is 5.32 Å². The average molecular weight is 435 g/mol. The van der Waals surface area contributed by atoms with Gasteiger partial charge in [-0.15, -0.1) is 12.4 Å². The van der Waals surface area contributed by atoms with Gasteiger partial charge in [0.25, 0.3) is 0 Å². The van der Waals surface area contributed by atoms with Crippen LogP contribution in [-0.4, -0.2) is 6.04 Å². The summed E-state index contributed by atoms with van der Waals surface area (Å²) in [5, 5.41) is 5.60. The molecule has 142 valence electrons. The molecule has 0 aliphatic heterocycles. The van der Waals surface area contributed by atoms with Gasteiger partial charge in [0.1, 0.15) is 12.4 Å². The van der Waals surface area contributed by atoms with E-state index in [0.29, 0.717) is 22.7 Å². The SMILES string of the molecule is Cl.Clc1ccc(COc2ccc(Cl)cc2CNC2CCCCC2)c(Cl)c1. The van der Waals surface area contributed by atoms with Crippen LogP contribution in [0.4, 0.5) is 0 Å². The molecule has 2 aromatic carbocycles. The molecular formula is C20H23Cl4NO. The molecule has 1 N–H and O–H groups in total. The maximum Gasteiger partial charge on any atom is 0.124 e.